The van der Waals surface area contributed by atoms with Crippen molar-refractivity contribution in [1.82, 2.24) is 15.1 Å². The number of carbonyl (C=O) groups is 1. The molecular weight excluding hydrogens is 262 g/mol. The van der Waals surface area contributed by atoms with Crippen LogP contribution in [0.5, 0.6) is 0 Å². The molecule has 1 saturated carbocycles. The molecule has 0 spiro atoms. The maximum absolute atomic E-state index is 13.1. The third kappa shape index (κ3) is 3.11. The van der Waals surface area contributed by atoms with Gasteiger partial charge in [0.2, 0.25) is 5.91 Å². The predicted octanol–water partition coefficient (Wildman–Crippen LogP) is 1.71. The normalized spacial score (nSPS) is 27.1. The molecular formula is C17H31N3O. The average Bonchev–Trinajstić information content (AvgIpc) is 2.86. The lowest BCUT2D eigenvalue weighted by Crippen LogP contribution is -2.62. The lowest BCUT2D eigenvalue weighted by Gasteiger charge is -2.45. The summed E-state index contributed by atoms with van der Waals surface area (Å²) in [7, 11) is 0. The van der Waals surface area contributed by atoms with Gasteiger partial charge in [0.15, 0.2) is 0 Å². The molecule has 1 amide bonds. The second-order valence-electron chi connectivity index (χ2n) is 7.73. The maximum atomic E-state index is 13.1. The van der Waals surface area contributed by atoms with E-state index in [-0.39, 0.29) is 5.41 Å². The van der Waals surface area contributed by atoms with Gasteiger partial charge in [0, 0.05) is 50.7 Å². The Bertz CT molecular complexity index is 364. The fraction of sp³-hybridized carbons (Fsp3) is 0.941. The summed E-state index contributed by atoms with van der Waals surface area (Å²) in [5.74, 6) is 1.09. The van der Waals surface area contributed by atoms with Gasteiger partial charge in [-0.05, 0) is 25.2 Å². The van der Waals surface area contributed by atoms with Gasteiger partial charge in [0.1, 0.15) is 0 Å². The van der Waals surface area contributed by atoms with E-state index in [9.17, 15) is 4.79 Å². The third-order valence-corrected chi connectivity index (χ3v) is 5.69. The summed E-state index contributed by atoms with van der Waals surface area (Å²) in [5, 5.41) is 3.34. The van der Waals surface area contributed by atoms with E-state index in [0.717, 1.165) is 64.6 Å². The van der Waals surface area contributed by atoms with E-state index in [1.54, 1.807) is 0 Å². The summed E-state index contributed by atoms with van der Waals surface area (Å²) >= 11 is 0. The smallest absolute Gasteiger partial charge is 0.228 e. The molecule has 120 valence electrons. The summed E-state index contributed by atoms with van der Waals surface area (Å²) < 4.78 is 0. The van der Waals surface area contributed by atoms with Crippen molar-refractivity contribution in [2.75, 3.05) is 39.3 Å². The van der Waals surface area contributed by atoms with Gasteiger partial charge < -0.3 is 10.2 Å². The molecule has 0 atom stereocenters. The van der Waals surface area contributed by atoms with Crippen LogP contribution in [0.15, 0.2) is 0 Å². The minimum Gasteiger partial charge on any atom is -0.340 e. The van der Waals surface area contributed by atoms with Crippen LogP contribution < -0.4 is 5.32 Å². The molecule has 4 nitrogen and oxygen atoms in total. The topological polar surface area (TPSA) is 35.6 Å². The van der Waals surface area contributed by atoms with Crippen LogP contribution in [0.1, 0.15) is 46.0 Å². The number of hydrogen-bond acceptors (Lipinski definition) is 3. The highest BCUT2D eigenvalue weighted by molar-refractivity contribution is 5.83. The number of nitrogens with zero attached hydrogens (tertiary/aromatic N) is 2. The molecule has 21 heavy (non-hydrogen) atoms. The fourth-order valence-electron chi connectivity index (χ4n) is 4.50. The van der Waals surface area contributed by atoms with Crippen LogP contribution in [0.2, 0.25) is 0 Å². The zero-order valence-electron chi connectivity index (χ0n) is 13.7. The van der Waals surface area contributed by atoms with E-state index in [2.05, 4.69) is 29.0 Å². The van der Waals surface area contributed by atoms with Gasteiger partial charge in [0.25, 0.3) is 0 Å². The second kappa shape index (κ2) is 6.25. The first-order valence-corrected chi connectivity index (χ1v) is 8.85. The molecule has 2 saturated heterocycles. The Morgan fingerprint density at radius 1 is 1.14 bits per heavy atom. The van der Waals surface area contributed by atoms with Crippen LogP contribution in [0, 0.1) is 11.3 Å². The quantitative estimate of drug-likeness (QED) is 0.857. The Labute approximate surface area is 129 Å². The summed E-state index contributed by atoms with van der Waals surface area (Å²) in [6.07, 6.45) is 5.81. The number of piperazine rings is 1. The molecule has 0 radical (unpaired) electrons. The van der Waals surface area contributed by atoms with E-state index in [1.807, 2.05) is 0 Å². The molecule has 3 fully saturated rings. The van der Waals surface area contributed by atoms with Gasteiger partial charge in [-0.3, -0.25) is 9.69 Å². The Balaban J connectivity index is 1.59. The van der Waals surface area contributed by atoms with E-state index in [1.165, 1.54) is 12.8 Å². The molecule has 1 aliphatic carbocycles. The number of nitrogens with one attached hydrogen (secondary N) is 1. The first-order valence-electron chi connectivity index (χ1n) is 8.85. The first kappa shape index (κ1) is 15.3. The molecule has 3 aliphatic rings. The zero-order chi connectivity index (χ0) is 14.9. The highest BCUT2D eigenvalue weighted by Gasteiger charge is 2.44. The molecule has 0 aromatic carbocycles. The van der Waals surface area contributed by atoms with Crippen molar-refractivity contribution in [2.45, 2.75) is 52.0 Å². The van der Waals surface area contributed by atoms with Crippen molar-refractivity contribution in [3.63, 3.8) is 0 Å². The molecule has 2 aliphatic heterocycles. The zero-order valence-corrected chi connectivity index (χ0v) is 13.7. The van der Waals surface area contributed by atoms with Crippen LogP contribution in [0.3, 0.4) is 0 Å². The number of carbonyl (C=O) groups excluding carboxylic acids is 1. The molecule has 0 aromatic heterocycles. The number of rotatable bonds is 4. The van der Waals surface area contributed by atoms with Gasteiger partial charge in [0.05, 0.1) is 0 Å². The summed E-state index contributed by atoms with van der Waals surface area (Å²) in [5.41, 5.74) is -0.0195. The van der Waals surface area contributed by atoms with Crippen molar-refractivity contribution < 1.29 is 4.79 Å². The van der Waals surface area contributed by atoms with Crippen molar-refractivity contribution in [3.05, 3.63) is 0 Å². The SMILES string of the molecule is CC(C)CC1(C(=O)N2CCN(C3CNC3)CC2)CCCC1. The van der Waals surface area contributed by atoms with Gasteiger partial charge in [-0.25, -0.2) is 0 Å². The van der Waals surface area contributed by atoms with Crippen molar-refractivity contribution in [1.29, 1.82) is 0 Å². The van der Waals surface area contributed by atoms with Crippen LogP contribution in [-0.2, 0) is 4.79 Å². The van der Waals surface area contributed by atoms with Crippen LogP contribution >= 0.6 is 0 Å². The van der Waals surface area contributed by atoms with Gasteiger partial charge in [-0.1, -0.05) is 26.7 Å². The van der Waals surface area contributed by atoms with Crippen LogP contribution in [0.4, 0.5) is 0 Å². The highest BCUT2D eigenvalue weighted by atomic mass is 16.2. The molecule has 1 N–H and O–H groups in total. The van der Waals surface area contributed by atoms with Crippen LogP contribution in [-0.4, -0.2) is 61.0 Å². The lowest BCUT2D eigenvalue weighted by atomic mass is 9.77. The van der Waals surface area contributed by atoms with Gasteiger partial charge in [-0.15, -0.1) is 0 Å². The Morgan fingerprint density at radius 2 is 1.76 bits per heavy atom. The van der Waals surface area contributed by atoms with Crippen molar-refractivity contribution >= 4 is 5.91 Å². The Morgan fingerprint density at radius 3 is 2.24 bits per heavy atom. The summed E-state index contributed by atoms with van der Waals surface area (Å²) in [4.78, 5) is 17.8. The predicted molar refractivity (Wildman–Crippen MR) is 85.2 cm³/mol. The molecule has 0 aromatic rings. The van der Waals surface area contributed by atoms with Gasteiger partial charge >= 0.3 is 0 Å². The number of hydrogen-bond donors (Lipinski definition) is 1. The second-order valence-corrected chi connectivity index (χ2v) is 7.73. The number of amides is 1. The van der Waals surface area contributed by atoms with E-state index < -0.39 is 0 Å². The standard InChI is InChI=1S/C17H31N3O/c1-14(2)11-17(5-3-4-6-17)16(21)20-9-7-19(8-10-20)15-12-18-13-15/h14-15,18H,3-13H2,1-2H3. The summed E-state index contributed by atoms with van der Waals surface area (Å²) in [6, 6.07) is 0.721. The largest absolute Gasteiger partial charge is 0.340 e. The monoisotopic (exact) mass is 293 g/mol. The molecule has 0 unspecified atom stereocenters. The van der Waals surface area contributed by atoms with Crippen molar-refractivity contribution in [3.8, 4) is 0 Å². The first-order chi connectivity index (χ1) is 10.1. The maximum Gasteiger partial charge on any atom is 0.228 e. The van der Waals surface area contributed by atoms with Crippen molar-refractivity contribution in [2.24, 2.45) is 11.3 Å². The molecule has 0 bridgehead atoms. The Hall–Kier alpha value is -0.610. The van der Waals surface area contributed by atoms with E-state index in [0.29, 0.717) is 11.8 Å². The van der Waals surface area contributed by atoms with Gasteiger partial charge in [-0.2, -0.15) is 0 Å². The molecule has 2 heterocycles. The summed E-state index contributed by atoms with van der Waals surface area (Å²) in [6.45, 7) is 10.8. The van der Waals surface area contributed by atoms with E-state index >= 15 is 0 Å². The molecule has 4 heteroatoms. The minimum absolute atomic E-state index is 0.0195. The third-order valence-electron chi connectivity index (χ3n) is 5.69. The van der Waals surface area contributed by atoms with E-state index in [4.69, 9.17) is 0 Å². The average molecular weight is 293 g/mol. The molecule has 3 rings (SSSR count). The Kier molecular flexibility index (Phi) is 4.55. The van der Waals surface area contributed by atoms with Crippen LogP contribution in [0.25, 0.3) is 0 Å². The lowest BCUT2D eigenvalue weighted by molar-refractivity contribution is -0.145. The fourth-order valence-corrected chi connectivity index (χ4v) is 4.50. The minimum atomic E-state index is -0.0195. The highest BCUT2D eigenvalue weighted by Crippen LogP contribution is 2.44.